The molecule has 0 bridgehead atoms. The molecule has 0 spiro atoms. The summed E-state index contributed by atoms with van der Waals surface area (Å²) in [5.41, 5.74) is 2.25. The molecule has 1 N–H and O–H groups in total. The summed E-state index contributed by atoms with van der Waals surface area (Å²) in [5.74, 6) is 0. The average Bonchev–Trinajstić information content (AvgIpc) is 2.61. The Morgan fingerprint density at radius 3 is 2.68 bits per heavy atom. The number of hydrogen-bond donors (Lipinski definition) is 1. The van der Waals surface area contributed by atoms with Gasteiger partial charge >= 0.3 is 0 Å². The van der Waals surface area contributed by atoms with E-state index >= 15 is 0 Å². The first-order valence-corrected chi connectivity index (χ1v) is 7.40. The van der Waals surface area contributed by atoms with Gasteiger partial charge in [0.15, 0.2) is 0 Å². The van der Waals surface area contributed by atoms with Crippen molar-refractivity contribution in [2.24, 2.45) is 7.05 Å². The smallest absolute Gasteiger partial charge is 0.103 e. The number of rotatable bonds is 4. The molecule has 0 atom stereocenters. The Labute approximate surface area is 127 Å². The zero-order chi connectivity index (χ0) is 14.0. The van der Waals surface area contributed by atoms with Gasteiger partial charge in [-0.1, -0.05) is 35.0 Å². The van der Waals surface area contributed by atoms with Crippen LogP contribution in [0.3, 0.4) is 0 Å². The Balaban J connectivity index is 2.34. The van der Waals surface area contributed by atoms with Gasteiger partial charge in [-0.2, -0.15) is 5.10 Å². The number of nitrogens with one attached hydrogen (secondary N) is 1. The molecule has 0 radical (unpaired) electrons. The van der Waals surface area contributed by atoms with Crippen molar-refractivity contribution in [3.05, 3.63) is 39.5 Å². The standard InChI is InChI=1S/C13H15Cl2N3S/c1-8-10(7-16-2)13(18(3)17-8)19-9-4-5-11(14)12(15)6-9/h4-6,16H,7H2,1-3H3. The first-order chi connectivity index (χ1) is 9.02. The second kappa shape index (κ2) is 6.18. The van der Waals surface area contributed by atoms with Crippen molar-refractivity contribution in [3.63, 3.8) is 0 Å². The molecule has 0 saturated carbocycles. The molecule has 0 fully saturated rings. The second-order valence-corrected chi connectivity index (χ2v) is 6.08. The van der Waals surface area contributed by atoms with Crippen LogP contribution in [0.25, 0.3) is 0 Å². The summed E-state index contributed by atoms with van der Waals surface area (Å²) < 4.78 is 1.90. The summed E-state index contributed by atoms with van der Waals surface area (Å²) in [5, 5.41) is 9.89. The van der Waals surface area contributed by atoms with E-state index in [2.05, 4.69) is 10.4 Å². The third-order valence-electron chi connectivity index (χ3n) is 2.75. The third-order valence-corrected chi connectivity index (χ3v) is 4.68. The molecule has 0 saturated heterocycles. The van der Waals surface area contributed by atoms with E-state index in [1.54, 1.807) is 11.8 Å². The maximum absolute atomic E-state index is 6.05. The summed E-state index contributed by atoms with van der Waals surface area (Å²) in [6.07, 6.45) is 0. The van der Waals surface area contributed by atoms with Crippen molar-refractivity contribution in [2.75, 3.05) is 7.05 Å². The molecule has 0 unspecified atom stereocenters. The summed E-state index contributed by atoms with van der Waals surface area (Å²) >= 11 is 13.6. The van der Waals surface area contributed by atoms with Gasteiger partial charge in [-0.25, -0.2) is 0 Å². The van der Waals surface area contributed by atoms with Crippen molar-refractivity contribution >= 4 is 35.0 Å². The number of halogens is 2. The lowest BCUT2D eigenvalue weighted by atomic mass is 10.3. The van der Waals surface area contributed by atoms with E-state index in [4.69, 9.17) is 23.2 Å². The van der Waals surface area contributed by atoms with Gasteiger partial charge in [0, 0.05) is 24.1 Å². The van der Waals surface area contributed by atoms with Crippen LogP contribution in [-0.2, 0) is 13.6 Å². The largest absolute Gasteiger partial charge is 0.316 e. The Morgan fingerprint density at radius 1 is 1.32 bits per heavy atom. The van der Waals surface area contributed by atoms with Crippen LogP contribution in [0, 0.1) is 6.92 Å². The molecule has 19 heavy (non-hydrogen) atoms. The molecule has 1 aromatic heterocycles. The zero-order valence-electron chi connectivity index (χ0n) is 11.0. The van der Waals surface area contributed by atoms with Crippen LogP contribution in [0.15, 0.2) is 28.1 Å². The van der Waals surface area contributed by atoms with E-state index in [-0.39, 0.29) is 0 Å². The first kappa shape index (κ1) is 14.7. The van der Waals surface area contributed by atoms with Gasteiger partial charge in [0.25, 0.3) is 0 Å². The van der Waals surface area contributed by atoms with Gasteiger partial charge in [0.1, 0.15) is 5.03 Å². The van der Waals surface area contributed by atoms with Crippen LogP contribution in [0.2, 0.25) is 10.0 Å². The molecular formula is C13H15Cl2N3S. The van der Waals surface area contributed by atoms with E-state index < -0.39 is 0 Å². The molecule has 2 aromatic rings. The van der Waals surface area contributed by atoms with Gasteiger partial charge in [-0.3, -0.25) is 4.68 Å². The fourth-order valence-corrected chi connectivity index (χ4v) is 3.26. The molecule has 0 aliphatic carbocycles. The number of nitrogens with zero attached hydrogens (tertiary/aromatic N) is 2. The van der Waals surface area contributed by atoms with Crippen molar-refractivity contribution in [1.82, 2.24) is 15.1 Å². The minimum absolute atomic E-state index is 0.570. The predicted molar refractivity (Wildman–Crippen MR) is 81.3 cm³/mol. The Bertz CT molecular complexity index is 596. The molecule has 102 valence electrons. The van der Waals surface area contributed by atoms with Crippen LogP contribution in [-0.4, -0.2) is 16.8 Å². The molecule has 1 aromatic carbocycles. The summed E-state index contributed by atoms with van der Waals surface area (Å²) in [4.78, 5) is 1.05. The lowest BCUT2D eigenvalue weighted by molar-refractivity contribution is 0.684. The molecule has 1 heterocycles. The van der Waals surface area contributed by atoms with E-state index in [9.17, 15) is 0 Å². The molecule has 0 aliphatic heterocycles. The minimum atomic E-state index is 0.570. The summed E-state index contributed by atoms with van der Waals surface area (Å²) in [6.45, 7) is 2.81. The highest BCUT2D eigenvalue weighted by molar-refractivity contribution is 7.99. The van der Waals surface area contributed by atoms with Gasteiger partial charge < -0.3 is 5.32 Å². The molecule has 3 nitrogen and oxygen atoms in total. The van der Waals surface area contributed by atoms with Crippen LogP contribution in [0.1, 0.15) is 11.3 Å². The van der Waals surface area contributed by atoms with Gasteiger partial charge in [0.2, 0.25) is 0 Å². The molecule has 0 amide bonds. The molecule has 2 rings (SSSR count). The van der Waals surface area contributed by atoms with Crippen molar-refractivity contribution in [3.8, 4) is 0 Å². The lowest BCUT2D eigenvalue weighted by Gasteiger charge is -2.07. The predicted octanol–water partition coefficient (Wildman–Crippen LogP) is 3.91. The number of aryl methyl sites for hydroxylation is 2. The van der Waals surface area contributed by atoms with E-state index in [0.29, 0.717) is 10.0 Å². The fourth-order valence-electron chi connectivity index (χ4n) is 1.84. The number of hydrogen-bond acceptors (Lipinski definition) is 3. The Morgan fingerprint density at radius 2 is 2.05 bits per heavy atom. The van der Waals surface area contributed by atoms with Gasteiger partial charge in [-0.05, 0) is 32.2 Å². The minimum Gasteiger partial charge on any atom is -0.316 e. The van der Waals surface area contributed by atoms with E-state index in [0.717, 1.165) is 22.2 Å². The Kier molecular flexibility index (Phi) is 4.79. The van der Waals surface area contributed by atoms with Gasteiger partial charge in [0.05, 0.1) is 15.7 Å². The first-order valence-electron chi connectivity index (χ1n) is 5.83. The highest BCUT2D eigenvalue weighted by Gasteiger charge is 2.14. The van der Waals surface area contributed by atoms with Crippen LogP contribution < -0.4 is 5.32 Å². The van der Waals surface area contributed by atoms with Gasteiger partial charge in [-0.15, -0.1) is 0 Å². The highest BCUT2D eigenvalue weighted by Crippen LogP contribution is 2.34. The second-order valence-electron chi connectivity index (χ2n) is 4.20. The topological polar surface area (TPSA) is 29.9 Å². The summed E-state index contributed by atoms with van der Waals surface area (Å²) in [6, 6.07) is 5.65. The molecule has 0 aliphatic rings. The third kappa shape index (κ3) is 3.26. The van der Waals surface area contributed by atoms with E-state index in [1.807, 2.05) is 43.9 Å². The number of benzene rings is 1. The fraction of sp³-hybridized carbons (Fsp3) is 0.308. The average molecular weight is 316 g/mol. The Hall–Kier alpha value is -0.680. The maximum atomic E-state index is 6.05. The van der Waals surface area contributed by atoms with Crippen LogP contribution >= 0.6 is 35.0 Å². The zero-order valence-corrected chi connectivity index (χ0v) is 13.3. The lowest BCUT2D eigenvalue weighted by Crippen LogP contribution is -2.06. The molecular weight excluding hydrogens is 301 g/mol. The quantitative estimate of drug-likeness (QED) is 0.927. The summed E-state index contributed by atoms with van der Waals surface area (Å²) in [7, 11) is 3.88. The van der Waals surface area contributed by atoms with Crippen molar-refractivity contribution < 1.29 is 0 Å². The van der Waals surface area contributed by atoms with Crippen molar-refractivity contribution in [2.45, 2.75) is 23.4 Å². The highest BCUT2D eigenvalue weighted by atomic mass is 35.5. The SMILES string of the molecule is CNCc1c(C)nn(C)c1Sc1ccc(Cl)c(Cl)c1. The van der Waals surface area contributed by atoms with Crippen LogP contribution in [0.4, 0.5) is 0 Å². The number of aromatic nitrogens is 2. The van der Waals surface area contributed by atoms with Crippen LogP contribution in [0.5, 0.6) is 0 Å². The van der Waals surface area contributed by atoms with E-state index in [1.165, 1.54) is 5.56 Å². The van der Waals surface area contributed by atoms with Crippen molar-refractivity contribution in [1.29, 1.82) is 0 Å². The normalized spacial score (nSPS) is 11.0. The maximum Gasteiger partial charge on any atom is 0.103 e. The monoisotopic (exact) mass is 315 g/mol. The molecule has 6 heteroatoms.